The van der Waals surface area contributed by atoms with Crippen LogP contribution in [0.4, 0.5) is 0 Å². The van der Waals surface area contributed by atoms with Gasteiger partial charge >= 0.3 is 0 Å². The van der Waals surface area contributed by atoms with Gasteiger partial charge < -0.3 is 4.74 Å². The molecule has 1 aliphatic rings. The van der Waals surface area contributed by atoms with Gasteiger partial charge in [0.2, 0.25) is 0 Å². The fourth-order valence-corrected chi connectivity index (χ4v) is 4.85. The van der Waals surface area contributed by atoms with E-state index in [9.17, 15) is 9.59 Å². The van der Waals surface area contributed by atoms with Gasteiger partial charge in [-0.25, -0.2) is 0 Å². The van der Waals surface area contributed by atoms with Gasteiger partial charge in [0.05, 0.1) is 4.91 Å². The van der Waals surface area contributed by atoms with E-state index in [4.69, 9.17) is 40.2 Å². The van der Waals surface area contributed by atoms with E-state index in [1.165, 1.54) is 0 Å². The molecule has 172 valence electrons. The molecule has 4 rings (SSSR count). The third-order valence-electron chi connectivity index (χ3n) is 5.00. The number of thioether (sulfide) groups is 1. The Labute approximate surface area is 216 Å². The number of hydrazine groups is 1. The number of amides is 2. The summed E-state index contributed by atoms with van der Waals surface area (Å²) >= 11 is 18.6. The summed E-state index contributed by atoms with van der Waals surface area (Å²) in [5, 5.41) is 2.15. The number of hydrogen-bond acceptors (Lipinski definition) is 5. The highest BCUT2D eigenvalue weighted by Crippen LogP contribution is 2.34. The van der Waals surface area contributed by atoms with Gasteiger partial charge in [-0.1, -0.05) is 77.4 Å². The predicted octanol–water partition coefficient (Wildman–Crippen LogP) is 6.43. The summed E-state index contributed by atoms with van der Waals surface area (Å²) in [7, 11) is 0. The van der Waals surface area contributed by atoms with Gasteiger partial charge in [-0.05, 0) is 55.0 Å². The summed E-state index contributed by atoms with van der Waals surface area (Å²) in [5.41, 5.74) is 5.36. The van der Waals surface area contributed by atoms with Crippen molar-refractivity contribution in [2.45, 2.75) is 13.5 Å². The van der Waals surface area contributed by atoms with E-state index >= 15 is 0 Å². The Hall–Kier alpha value is -2.84. The van der Waals surface area contributed by atoms with E-state index in [2.05, 4.69) is 5.43 Å². The molecule has 3 aromatic rings. The zero-order chi connectivity index (χ0) is 24.2. The number of carbonyl (C=O) groups is 2. The number of rotatable bonds is 6. The number of benzene rings is 3. The molecular weight excluding hydrogens is 511 g/mol. The number of nitrogens with zero attached hydrogens (tertiary/aromatic N) is 1. The van der Waals surface area contributed by atoms with Gasteiger partial charge in [0.1, 0.15) is 12.4 Å². The van der Waals surface area contributed by atoms with Crippen LogP contribution < -0.4 is 10.2 Å². The summed E-state index contributed by atoms with van der Waals surface area (Å²) < 4.78 is 6.21. The van der Waals surface area contributed by atoms with Crippen LogP contribution in [0.25, 0.3) is 6.08 Å². The molecule has 3 aromatic carbocycles. The molecule has 1 heterocycles. The zero-order valence-corrected chi connectivity index (χ0v) is 21.0. The molecule has 1 aliphatic heterocycles. The van der Waals surface area contributed by atoms with Crippen LogP contribution in [0.3, 0.4) is 0 Å². The normalized spacial score (nSPS) is 14.6. The van der Waals surface area contributed by atoms with E-state index in [-0.39, 0.29) is 10.9 Å². The van der Waals surface area contributed by atoms with Crippen molar-refractivity contribution in [2.75, 3.05) is 0 Å². The highest BCUT2D eigenvalue weighted by molar-refractivity contribution is 8.26. The summed E-state index contributed by atoms with van der Waals surface area (Å²) in [6.07, 6.45) is 1.69. The van der Waals surface area contributed by atoms with Gasteiger partial charge in [0.25, 0.3) is 11.8 Å². The van der Waals surface area contributed by atoms with Crippen molar-refractivity contribution in [2.24, 2.45) is 0 Å². The minimum atomic E-state index is -0.410. The number of carbonyl (C=O) groups excluding carboxylic acids is 2. The fourth-order valence-electron chi connectivity index (χ4n) is 3.22. The van der Waals surface area contributed by atoms with Crippen LogP contribution in [0.5, 0.6) is 5.75 Å². The summed E-state index contributed by atoms with van der Waals surface area (Å²) in [6, 6.07) is 19.6. The minimum Gasteiger partial charge on any atom is -0.488 e. The van der Waals surface area contributed by atoms with Gasteiger partial charge in [-0.2, -0.15) is 5.01 Å². The second-order valence-corrected chi connectivity index (χ2v) is 9.85. The number of nitrogens with one attached hydrogen (secondary N) is 1. The average molecular weight is 529 g/mol. The molecule has 0 radical (unpaired) electrons. The van der Waals surface area contributed by atoms with Crippen molar-refractivity contribution < 1.29 is 14.3 Å². The maximum absolute atomic E-state index is 13.0. The van der Waals surface area contributed by atoms with Crippen LogP contribution in [0.1, 0.15) is 27.0 Å². The van der Waals surface area contributed by atoms with Crippen LogP contribution in [-0.4, -0.2) is 21.1 Å². The second kappa shape index (κ2) is 10.6. The Morgan fingerprint density at radius 2 is 1.85 bits per heavy atom. The first-order valence-electron chi connectivity index (χ1n) is 10.1. The molecular formula is C25H18Cl2N2O3S2. The molecule has 0 spiro atoms. The SMILES string of the molecule is Cc1ccccc1C(=O)NN1C(=O)/C(=C\c2ccccc2OCc2ccc(Cl)cc2Cl)SC1=S. The molecule has 34 heavy (non-hydrogen) atoms. The van der Waals surface area contributed by atoms with Crippen LogP contribution in [0.2, 0.25) is 10.0 Å². The topological polar surface area (TPSA) is 58.6 Å². The lowest BCUT2D eigenvalue weighted by Crippen LogP contribution is -2.45. The lowest BCUT2D eigenvalue weighted by Gasteiger charge is -2.16. The number of para-hydroxylation sites is 1. The number of thiocarbonyl (C=S) groups is 1. The Bertz CT molecular complexity index is 1330. The van der Waals surface area contributed by atoms with Gasteiger partial charge in [0, 0.05) is 26.7 Å². The standard InChI is InChI=1S/C25H18Cl2N2O3S2/c1-15-6-2-4-8-19(15)23(30)28-29-24(31)22(34-25(29)33)12-16-7-3-5-9-21(16)32-14-17-10-11-18(26)13-20(17)27/h2-13H,14H2,1H3,(H,28,30)/b22-12+. The van der Waals surface area contributed by atoms with Crippen molar-refractivity contribution in [3.8, 4) is 5.75 Å². The molecule has 5 nitrogen and oxygen atoms in total. The first-order valence-corrected chi connectivity index (χ1v) is 12.1. The highest BCUT2D eigenvalue weighted by atomic mass is 35.5. The summed E-state index contributed by atoms with van der Waals surface area (Å²) in [5.74, 6) is -0.241. The predicted molar refractivity (Wildman–Crippen MR) is 141 cm³/mol. The molecule has 0 bridgehead atoms. The third-order valence-corrected chi connectivity index (χ3v) is 6.89. The molecule has 1 fully saturated rings. The zero-order valence-electron chi connectivity index (χ0n) is 17.9. The van der Waals surface area contributed by atoms with E-state index in [0.717, 1.165) is 27.9 Å². The molecule has 0 aliphatic carbocycles. The number of hydrogen-bond donors (Lipinski definition) is 1. The van der Waals surface area contributed by atoms with Crippen LogP contribution in [0.15, 0.2) is 71.6 Å². The van der Waals surface area contributed by atoms with Crippen molar-refractivity contribution >= 4 is 69.4 Å². The van der Waals surface area contributed by atoms with E-state index in [1.807, 2.05) is 37.3 Å². The monoisotopic (exact) mass is 528 g/mol. The summed E-state index contributed by atoms with van der Waals surface area (Å²) in [4.78, 5) is 26.0. The maximum Gasteiger partial charge on any atom is 0.285 e. The van der Waals surface area contributed by atoms with Crippen molar-refractivity contribution in [3.63, 3.8) is 0 Å². The van der Waals surface area contributed by atoms with E-state index < -0.39 is 11.8 Å². The quantitative estimate of drug-likeness (QED) is 0.295. The van der Waals surface area contributed by atoms with Gasteiger partial charge in [-0.15, -0.1) is 0 Å². The van der Waals surface area contributed by atoms with Crippen molar-refractivity contribution in [3.05, 3.63) is 104 Å². The Morgan fingerprint density at radius 3 is 2.62 bits per heavy atom. The van der Waals surface area contributed by atoms with Crippen LogP contribution >= 0.6 is 47.2 Å². The Balaban J connectivity index is 1.51. The number of halogens is 2. The molecule has 0 atom stereocenters. The highest BCUT2D eigenvalue weighted by Gasteiger charge is 2.34. The largest absolute Gasteiger partial charge is 0.488 e. The van der Waals surface area contributed by atoms with Crippen LogP contribution in [-0.2, 0) is 11.4 Å². The molecule has 9 heteroatoms. The van der Waals surface area contributed by atoms with Crippen LogP contribution in [0, 0.1) is 6.92 Å². The molecule has 0 aromatic heterocycles. The molecule has 0 saturated carbocycles. The lowest BCUT2D eigenvalue weighted by molar-refractivity contribution is -0.123. The molecule has 0 unspecified atom stereocenters. The maximum atomic E-state index is 13.0. The first kappa shape index (κ1) is 24.3. The first-order chi connectivity index (χ1) is 16.3. The smallest absolute Gasteiger partial charge is 0.285 e. The lowest BCUT2D eigenvalue weighted by atomic mass is 10.1. The van der Waals surface area contributed by atoms with Gasteiger partial charge in [0.15, 0.2) is 4.32 Å². The Morgan fingerprint density at radius 1 is 1.12 bits per heavy atom. The number of ether oxygens (including phenoxy) is 1. The number of aryl methyl sites for hydroxylation is 1. The minimum absolute atomic E-state index is 0.230. The fraction of sp³-hybridized carbons (Fsp3) is 0.0800. The van der Waals surface area contributed by atoms with Crippen molar-refractivity contribution in [1.29, 1.82) is 0 Å². The van der Waals surface area contributed by atoms with E-state index in [0.29, 0.717) is 31.8 Å². The molecule has 1 saturated heterocycles. The summed E-state index contributed by atoms with van der Waals surface area (Å²) in [6.45, 7) is 2.06. The average Bonchev–Trinajstić information content (AvgIpc) is 3.07. The van der Waals surface area contributed by atoms with Crippen molar-refractivity contribution in [1.82, 2.24) is 10.4 Å². The third kappa shape index (κ3) is 5.45. The van der Waals surface area contributed by atoms with E-state index in [1.54, 1.807) is 42.5 Å². The van der Waals surface area contributed by atoms with Gasteiger partial charge in [-0.3, -0.25) is 15.0 Å². The Kier molecular flexibility index (Phi) is 7.58. The molecule has 2 amide bonds. The molecule has 1 N–H and O–H groups in total. The second-order valence-electron chi connectivity index (χ2n) is 7.34.